The Morgan fingerprint density at radius 1 is 1.30 bits per heavy atom. The summed E-state index contributed by atoms with van der Waals surface area (Å²) in [6.07, 6.45) is 1.62. The van der Waals surface area contributed by atoms with Gasteiger partial charge in [0.25, 0.3) is 5.91 Å². The SMILES string of the molecule is Cn1cnc2nc(Cl)cc(C(=O)Nc3ccc4c(c3)CNC4)c21. The molecular weight excluding hydrogens is 314 g/mol. The van der Waals surface area contributed by atoms with Crippen LogP contribution < -0.4 is 10.6 Å². The second kappa shape index (κ2) is 5.33. The van der Waals surface area contributed by atoms with E-state index in [4.69, 9.17) is 11.6 Å². The fourth-order valence-corrected chi connectivity index (χ4v) is 3.06. The maximum absolute atomic E-state index is 12.7. The summed E-state index contributed by atoms with van der Waals surface area (Å²) in [6.45, 7) is 1.70. The first-order chi connectivity index (χ1) is 11.1. The second-order valence-electron chi connectivity index (χ2n) is 5.56. The Balaban J connectivity index is 1.71. The van der Waals surface area contributed by atoms with Crippen LogP contribution in [0, 0.1) is 0 Å². The van der Waals surface area contributed by atoms with Crippen molar-refractivity contribution in [2.24, 2.45) is 7.05 Å². The highest BCUT2D eigenvalue weighted by Gasteiger charge is 2.17. The van der Waals surface area contributed by atoms with Gasteiger partial charge in [-0.05, 0) is 29.3 Å². The van der Waals surface area contributed by atoms with Crippen LogP contribution in [0.5, 0.6) is 0 Å². The van der Waals surface area contributed by atoms with Gasteiger partial charge in [0.15, 0.2) is 5.65 Å². The van der Waals surface area contributed by atoms with Gasteiger partial charge in [-0.2, -0.15) is 0 Å². The Morgan fingerprint density at radius 2 is 2.13 bits per heavy atom. The summed E-state index contributed by atoms with van der Waals surface area (Å²) in [5, 5.41) is 6.47. The first-order valence-electron chi connectivity index (χ1n) is 7.23. The highest BCUT2D eigenvalue weighted by Crippen LogP contribution is 2.23. The molecule has 0 radical (unpaired) electrons. The lowest BCUT2D eigenvalue weighted by molar-refractivity contribution is 0.102. The third-order valence-corrected chi connectivity index (χ3v) is 4.18. The number of carbonyl (C=O) groups excluding carboxylic acids is 1. The summed E-state index contributed by atoms with van der Waals surface area (Å²) in [5.74, 6) is -0.228. The molecule has 1 amide bonds. The predicted octanol–water partition coefficient (Wildman–Crippen LogP) is 2.48. The Bertz CT molecular complexity index is 934. The number of halogens is 1. The number of rotatable bonds is 2. The van der Waals surface area contributed by atoms with Crippen LogP contribution in [0.25, 0.3) is 11.2 Å². The molecule has 0 aliphatic carbocycles. The molecular formula is C16H14ClN5O. The first kappa shape index (κ1) is 14.2. The van der Waals surface area contributed by atoms with Crippen molar-refractivity contribution in [2.45, 2.75) is 13.1 Å². The molecule has 2 N–H and O–H groups in total. The number of imidazole rings is 1. The lowest BCUT2D eigenvalue weighted by Gasteiger charge is -2.09. The van der Waals surface area contributed by atoms with Crippen molar-refractivity contribution < 1.29 is 4.79 Å². The number of aryl methyl sites for hydroxylation is 1. The maximum Gasteiger partial charge on any atom is 0.258 e. The minimum Gasteiger partial charge on any atom is -0.332 e. The molecule has 0 saturated carbocycles. The molecule has 6 nitrogen and oxygen atoms in total. The van der Waals surface area contributed by atoms with E-state index >= 15 is 0 Å². The van der Waals surface area contributed by atoms with Crippen LogP contribution >= 0.6 is 11.6 Å². The molecule has 116 valence electrons. The molecule has 0 atom stereocenters. The number of anilines is 1. The number of aromatic nitrogens is 3. The number of fused-ring (bicyclic) bond motifs is 2. The fraction of sp³-hybridized carbons (Fsp3) is 0.188. The summed E-state index contributed by atoms with van der Waals surface area (Å²) >= 11 is 6.01. The molecule has 2 aromatic heterocycles. The standard InChI is InChI=1S/C16H14ClN5O/c1-22-8-19-15-14(22)12(5-13(17)21-15)16(23)20-11-3-2-9-6-18-7-10(9)4-11/h2-5,8,18H,6-7H2,1H3,(H,20,23). The van der Waals surface area contributed by atoms with Crippen molar-refractivity contribution in [3.63, 3.8) is 0 Å². The third kappa shape index (κ3) is 2.46. The molecule has 1 aromatic carbocycles. The van der Waals surface area contributed by atoms with E-state index in [0.717, 1.165) is 18.8 Å². The lowest BCUT2D eigenvalue weighted by atomic mass is 10.1. The Kier molecular flexibility index (Phi) is 3.28. The summed E-state index contributed by atoms with van der Waals surface area (Å²) in [5.41, 5.74) is 4.82. The number of hydrogen-bond acceptors (Lipinski definition) is 4. The minimum absolute atomic E-state index is 0.228. The van der Waals surface area contributed by atoms with Gasteiger partial charge < -0.3 is 15.2 Å². The van der Waals surface area contributed by atoms with Gasteiger partial charge in [-0.15, -0.1) is 0 Å². The molecule has 0 fully saturated rings. The van der Waals surface area contributed by atoms with E-state index in [1.165, 1.54) is 11.1 Å². The first-order valence-corrected chi connectivity index (χ1v) is 7.61. The smallest absolute Gasteiger partial charge is 0.258 e. The van der Waals surface area contributed by atoms with Crippen LogP contribution in [-0.2, 0) is 20.1 Å². The van der Waals surface area contributed by atoms with Gasteiger partial charge in [0.05, 0.1) is 11.9 Å². The zero-order valence-corrected chi connectivity index (χ0v) is 13.2. The summed E-state index contributed by atoms with van der Waals surface area (Å²) in [6, 6.07) is 7.50. The van der Waals surface area contributed by atoms with Gasteiger partial charge in [0, 0.05) is 25.8 Å². The monoisotopic (exact) mass is 327 g/mol. The van der Waals surface area contributed by atoms with Crippen LogP contribution in [0.1, 0.15) is 21.5 Å². The average molecular weight is 328 g/mol. The Labute approximate surface area is 137 Å². The van der Waals surface area contributed by atoms with Crippen molar-refractivity contribution in [3.05, 3.63) is 52.4 Å². The van der Waals surface area contributed by atoms with E-state index in [0.29, 0.717) is 16.7 Å². The van der Waals surface area contributed by atoms with Gasteiger partial charge in [0.2, 0.25) is 0 Å². The van der Waals surface area contributed by atoms with Crippen LogP contribution in [0.2, 0.25) is 5.15 Å². The van der Waals surface area contributed by atoms with Gasteiger partial charge in [-0.25, -0.2) is 9.97 Å². The molecule has 7 heteroatoms. The molecule has 0 spiro atoms. The van der Waals surface area contributed by atoms with Crippen molar-refractivity contribution in [3.8, 4) is 0 Å². The molecule has 23 heavy (non-hydrogen) atoms. The van der Waals surface area contributed by atoms with E-state index in [9.17, 15) is 4.79 Å². The number of amides is 1. The van der Waals surface area contributed by atoms with Crippen molar-refractivity contribution in [1.29, 1.82) is 0 Å². The van der Waals surface area contributed by atoms with E-state index in [-0.39, 0.29) is 11.1 Å². The lowest BCUT2D eigenvalue weighted by Crippen LogP contribution is -2.14. The zero-order valence-electron chi connectivity index (χ0n) is 12.4. The average Bonchev–Trinajstić information content (AvgIpc) is 3.13. The van der Waals surface area contributed by atoms with E-state index in [1.807, 2.05) is 25.2 Å². The Hall–Kier alpha value is -2.44. The van der Waals surface area contributed by atoms with Crippen molar-refractivity contribution in [2.75, 3.05) is 5.32 Å². The predicted molar refractivity (Wildman–Crippen MR) is 88.5 cm³/mol. The summed E-state index contributed by atoms with van der Waals surface area (Å²) in [4.78, 5) is 21.0. The molecule has 1 aliphatic rings. The zero-order chi connectivity index (χ0) is 16.0. The quantitative estimate of drug-likeness (QED) is 0.709. The van der Waals surface area contributed by atoms with E-state index < -0.39 is 0 Å². The molecule has 3 heterocycles. The highest BCUT2D eigenvalue weighted by atomic mass is 35.5. The molecule has 3 aromatic rings. The van der Waals surface area contributed by atoms with Gasteiger partial charge in [0.1, 0.15) is 10.7 Å². The van der Waals surface area contributed by atoms with Crippen LogP contribution in [0.15, 0.2) is 30.6 Å². The third-order valence-electron chi connectivity index (χ3n) is 3.99. The molecule has 1 aliphatic heterocycles. The van der Waals surface area contributed by atoms with Gasteiger partial charge >= 0.3 is 0 Å². The maximum atomic E-state index is 12.7. The minimum atomic E-state index is -0.228. The van der Waals surface area contributed by atoms with E-state index in [1.54, 1.807) is 17.0 Å². The number of carbonyl (C=O) groups is 1. The normalized spacial score (nSPS) is 13.3. The Morgan fingerprint density at radius 3 is 3.00 bits per heavy atom. The van der Waals surface area contributed by atoms with E-state index in [2.05, 4.69) is 20.6 Å². The summed E-state index contributed by atoms with van der Waals surface area (Å²) in [7, 11) is 1.82. The number of benzene rings is 1. The van der Waals surface area contributed by atoms with Crippen LogP contribution in [-0.4, -0.2) is 20.4 Å². The number of nitrogens with zero attached hydrogens (tertiary/aromatic N) is 3. The largest absolute Gasteiger partial charge is 0.332 e. The number of nitrogens with one attached hydrogen (secondary N) is 2. The molecule has 4 rings (SSSR count). The topological polar surface area (TPSA) is 71.8 Å². The van der Waals surface area contributed by atoms with Crippen molar-refractivity contribution in [1.82, 2.24) is 19.9 Å². The van der Waals surface area contributed by atoms with Crippen LogP contribution in [0.3, 0.4) is 0 Å². The highest BCUT2D eigenvalue weighted by molar-refractivity contribution is 6.30. The van der Waals surface area contributed by atoms with Crippen molar-refractivity contribution >= 4 is 34.4 Å². The van der Waals surface area contributed by atoms with Crippen LogP contribution in [0.4, 0.5) is 5.69 Å². The van der Waals surface area contributed by atoms with Gasteiger partial charge in [-0.3, -0.25) is 4.79 Å². The molecule has 0 unspecified atom stereocenters. The molecule has 0 saturated heterocycles. The fourth-order valence-electron chi connectivity index (χ4n) is 2.88. The number of hydrogen-bond donors (Lipinski definition) is 2. The van der Waals surface area contributed by atoms with Gasteiger partial charge in [-0.1, -0.05) is 17.7 Å². The molecule has 0 bridgehead atoms. The second-order valence-corrected chi connectivity index (χ2v) is 5.95. The number of pyridine rings is 1. The summed E-state index contributed by atoms with van der Waals surface area (Å²) < 4.78 is 1.76.